The number of rotatable bonds is 7. The summed E-state index contributed by atoms with van der Waals surface area (Å²) in [5.74, 6) is 0.950. The zero-order valence-electron chi connectivity index (χ0n) is 15.9. The van der Waals surface area contributed by atoms with E-state index in [0.29, 0.717) is 35.2 Å². The summed E-state index contributed by atoms with van der Waals surface area (Å²) < 4.78 is 13.0. The first-order chi connectivity index (χ1) is 13.9. The minimum absolute atomic E-state index is 0.237. The Morgan fingerprint density at radius 3 is 2.31 bits per heavy atom. The molecule has 1 heterocycles. The zero-order valence-corrected chi connectivity index (χ0v) is 19.9. The van der Waals surface area contributed by atoms with Crippen molar-refractivity contribution in [3.05, 3.63) is 61.4 Å². The van der Waals surface area contributed by atoms with Gasteiger partial charge in [0, 0.05) is 16.1 Å². The minimum atomic E-state index is -0.310. The van der Waals surface area contributed by atoms with Gasteiger partial charge in [0.05, 0.1) is 29.1 Å². The van der Waals surface area contributed by atoms with Crippen LogP contribution < -0.4 is 9.47 Å². The van der Waals surface area contributed by atoms with Crippen molar-refractivity contribution in [1.82, 2.24) is 4.90 Å². The summed E-state index contributed by atoms with van der Waals surface area (Å²) >= 11 is 7.81. The first-order valence-electron chi connectivity index (χ1n) is 9.01. The van der Waals surface area contributed by atoms with Crippen LogP contribution in [-0.2, 0) is 11.3 Å². The Balaban J connectivity index is 1.88. The Labute approximate surface area is 190 Å². The molecule has 29 heavy (non-hydrogen) atoms. The van der Waals surface area contributed by atoms with Crippen LogP contribution in [0.25, 0.3) is 6.08 Å². The topological polar surface area (TPSA) is 55.8 Å². The molecule has 0 bridgehead atoms. The normalized spacial score (nSPS) is 15.3. The Morgan fingerprint density at radius 1 is 1.00 bits per heavy atom. The SMILES string of the molecule is CCOc1cc(OCC)c(/C=C2\SC(=O)N(Cc3ccc(Br)cc3)C2=O)cc1Br. The van der Waals surface area contributed by atoms with Crippen LogP contribution in [0, 0.1) is 0 Å². The Morgan fingerprint density at radius 2 is 1.66 bits per heavy atom. The third-order valence-corrected chi connectivity index (χ3v) is 6.13. The molecule has 1 aliphatic rings. The van der Waals surface area contributed by atoms with Crippen LogP contribution in [0.4, 0.5) is 4.79 Å². The van der Waals surface area contributed by atoms with Gasteiger partial charge in [-0.2, -0.15) is 0 Å². The zero-order chi connectivity index (χ0) is 21.0. The van der Waals surface area contributed by atoms with Crippen LogP contribution in [0.5, 0.6) is 11.5 Å². The standard InChI is InChI=1S/C21H19Br2NO4S/c1-3-27-17-11-18(28-4-2)16(23)9-14(17)10-19-20(25)24(21(26)29-19)12-13-5-7-15(22)8-6-13/h5-11H,3-4,12H2,1-2H3/b19-10-. The molecule has 1 saturated heterocycles. The van der Waals surface area contributed by atoms with Gasteiger partial charge in [-0.25, -0.2) is 0 Å². The van der Waals surface area contributed by atoms with Crippen molar-refractivity contribution >= 4 is 60.8 Å². The highest BCUT2D eigenvalue weighted by atomic mass is 79.9. The lowest BCUT2D eigenvalue weighted by Gasteiger charge is -2.13. The third-order valence-electron chi connectivity index (χ3n) is 4.08. The second-order valence-corrected chi connectivity index (χ2v) is 8.84. The van der Waals surface area contributed by atoms with E-state index >= 15 is 0 Å². The number of halogens is 2. The molecule has 0 unspecified atom stereocenters. The van der Waals surface area contributed by atoms with Gasteiger partial charge in [0.15, 0.2) is 0 Å². The number of benzene rings is 2. The maximum Gasteiger partial charge on any atom is 0.293 e. The number of carbonyl (C=O) groups excluding carboxylic acids is 2. The van der Waals surface area contributed by atoms with E-state index in [2.05, 4.69) is 31.9 Å². The van der Waals surface area contributed by atoms with Crippen molar-refractivity contribution in [2.45, 2.75) is 20.4 Å². The summed E-state index contributed by atoms with van der Waals surface area (Å²) in [5, 5.41) is -0.285. The van der Waals surface area contributed by atoms with Gasteiger partial charge < -0.3 is 9.47 Å². The number of ether oxygens (including phenoxy) is 2. The second-order valence-electron chi connectivity index (χ2n) is 6.08. The summed E-state index contributed by atoms with van der Waals surface area (Å²) in [5.41, 5.74) is 1.59. The molecule has 0 N–H and O–H groups in total. The molecule has 2 aromatic carbocycles. The fourth-order valence-electron chi connectivity index (χ4n) is 2.76. The average Bonchev–Trinajstić information content (AvgIpc) is 2.94. The number of hydrogen-bond acceptors (Lipinski definition) is 5. The number of amides is 2. The molecule has 0 aromatic heterocycles. The Bertz CT molecular complexity index is 960. The van der Waals surface area contributed by atoms with E-state index in [-0.39, 0.29) is 17.7 Å². The minimum Gasteiger partial charge on any atom is -0.493 e. The van der Waals surface area contributed by atoms with Gasteiger partial charge in [-0.3, -0.25) is 14.5 Å². The van der Waals surface area contributed by atoms with Gasteiger partial charge in [0.25, 0.3) is 11.1 Å². The highest BCUT2D eigenvalue weighted by molar-refractivity contribution is 9.10. The molecule has 3 rings (SSSR count). The summed E-state index contributed by atoms with van der Waals surface area (Å²) in [4.78, 5) is 26.9. The van der Waals surface area contributed by atoms with Crippen molar-refractivity contribution in [2.24, 2.45) is 0 Å². The van der Waals surface area contributed by atoms with E-state index in [1.807, 2.05) is 44.2 Å². The largest absolute Gasteiger partial charge is 0.493 e. The van der Waals surface area contributed by atoms with E-state index < -0.39 is 0 Å². The average molecular weight is 541 g/mol. The van der Waals surface area contributed by atoms with E-state index in [4.69, 9.17) is 9.47 Å². The molecule has 0 spiro atoms. The third kappa shape index (κ3) is 5.24. The van der Waals surface area contributed by atoms with Gasteiger partial charge in [-0.1, -0.05) is 28.1 Å². The van der Waals surface area contributed by atoms with E-state index in [1.54, 1.807) is 12.1 Å². The monoisotopic (exact) mass is 539 g/mol. The molecule has 1 aliphatic heterocycles. The van der Waals surface area contributed by atoms with Gasteiger partial charge in [-0.15, -0.1) is 0 Å². The fraction of sp³-hybridized carbons (Fsp3) is 0.238. The summed E-state index contributed by atoms with van der Waals surface area (Å²) in [7, 11) is 0. The predicted molar refractivity (Wildman–Crippen MR) is 122 cm³/mol. The number of thioether (sulfide) groups is 1. The van der Waals surface area contributed by atoms with Crippen molar-refractivity contribution in [2.75, 3.05) is 13.2 Å². The lowest BCUT2D eigenvalue weighted by molar-refractivity contribution is -0.123. The molecule has 5 nitrogen and oxygen atoms in total. The maximum atomic E-state index is 12.8. The molecule has 2 aromatic rings. The highest BCUT2D eigenvalue weighted by Gasteiger charge is 2.35. The Kier molecular flexibility index (Phi) is 7.43. The first-order valence-corrected chi connectivity index (χ1v) is 11.4. The molecule has 0 atom stereocenters. The van der Waals surface area contributed by atoms with Crippen LogP contribution in [0.1, 0.15) is 25.0 Å². The molecule has 8 heteroatoms. The number of nitrogens with zero attached hydrogens (tertiary/aromatic N) is 1. The van der Waals surface area contributed by atoms with Gasteiger partial charge in [0.2, 0.25) is 0 Å². The van der Waals surface area contributed by atoms with E-state index in [9.17, 15) is 9.59 Å². The smallest absolute Gasteiger partial charge is 0.293 e. The summed E-state index contributed by atoms with van der Waals surface area (Å²) in [6.45, 7) is 5.03. The van der Waals surface area contributed by atoms with E-state index in [0.717, 1.165) is 26.3 Å². The molecule has 152 valence electrons. The lowest BCUT2D eigenvalue weighted by Crippen LogP contribution is -2.27. The van der Waals surface area contributed by atoms with Crippen LogP contribution >= 0.6 is 43.6 Å². The van der Waals surface area contributed by atoms with Gasteiger partial charge >= 0.3 is 0 Å². The van der Waals surface area contributed by atoms with Gasteiger partial charge in [-0.05, 0) is 71.4 Å². The number of carbonyl (C=O) groups is 2. The molecular formula is C21H19Br2NO4S. The van der Waals surface area contributed by atoms with Crippen LogP contribution in [0.15, 0.2) is 50.2 Å². The molecule has 2 amide bonds. The van der Waals surface area contributed by atoms with Crippen molar-refractivity contribution in [1.29, 1.82) is 0 Å². The van der Waals surface area contributed by atoms with Crippen molar-refractivity contribution < 1.29 is 19.1 Å². The molecule has 0 saturated carbocycles. The lowest BCUT2D eigenvalue weighted by atomic mass is 10.1. The predicted octanol–water partition coefficient (Wildman–Crippen LogP) is 6.25. The van der Waals surface area contributed by atoms with E-state index in [1.165, 1.54) is 4.90 Å². The molecule has 0 aliphatic carbocycles. The van der Waals surface area contributed by atoms with Crippen LogP contribution in [0.2, 0.25) is 0 Å². The fourth-order valence-corrected chi connectivity index (χ4v) is 4.33. The van der Waals surface area contributed by atoms with Crippen molar-refractivity contribution in [3.8, 4) is 11.5 Å². The summed E-state index contributed by atoms with van der Waals surface area (Å²) in [6.07, 6.45) is 1.69. The Hall–Kier alpha value is -1.77. The van der Waals surface area contributed by atoms with Gasteiger partial charge in [0.1, 0.15) is 11.5 Å². The van der Waals surface area contributed by atoms with Crippen LogP contribution in [0.3, 0.4) is 0 Å². The number of imide groups is 1. The summed E-state index contributed by atoms with van der Waals surface area (Å²) in [6, 6.07) is 11.2. The molecule has 0 radical (unpaired) electrons. The molecule has 1 fully saturated rings. The highest BCUT2D eigenvalue weighted by Crippen LogP contribution is 2.38. The number of hydrogen-bond donors (Lipinski definition) is 0. The second kappa shape index (κ2) is 9.82. The maximum absolute atomic E-state index is 12.8. The molecular weight excluding hydrogens is 522 g/mol. The quantitative estimate of drug-likeness (QED) is 0.389. The first kappa shape index (κ1) is 21.9. The van der Waals surface area contributed by atoms with Crippen LogP contribution in [-0.4, -0.2) is 29.3 Å². The van der Waals surface area contributed by atoms with Crippen molar-refractivity contribution in [3.63, 3.8) is 0 Å².